The van der Waals surface area contributed by atoms with E-state index in [2.05, 4.69) is 20.8 Å². The molecule has 12 heteroatoms. The molecule has 4 rings (SSSR count). The second kappa shape index (κ2) is 8.20. The molecule has 0 spiro atoms. The highest BCUT2D eigenvalue weighted by Crippen LogP contribution is 2.32. The number of alkyl halides is 1. The Hall–Kier alpha value is -3.31. The Morgan fingerprint density at radius 2 is 2.20 bits per heavy atom. The van der Waals surface area contributed by atoms with Gasteiger partial charge in [-0.3, -0.25) is 9.69 Å². The molecule has 30 heavy (non-hydrogen) atoms. The minimum Gasteiger partial charge on any atom is -0.442 e. The van der Waals surface area contributed by atoms with Crippen molar-refractivity contribution in [2.24, 2.45) is 0 Å². The topological polar surface area (TPSA) is 105 Å². The number of ether oxygens (including phenoxy) is 1. The molecular weight excluding hydrogens is 400 g/mol. The summed E-state index contributed by atoms with van der Waals surface area (Å²) in [6, 6.07) is 3.88. The maximum absolute atomic E-state index is 14.8. The molecule has 0 aliphatic carbocycles. The largest absolute Gasteiger partial charge is 0.442 e. The Bertz CT molecular complexity index is 927. The Balaban J connectivity index is 1.42. The number of benzene rings is 1. The van der Waals surface area contributed by atoms with E-state index in [-0.39, 0.29) is 31.2 Å². The third-order valence-electron chi connectivity index (χ3n) is 5.25. The minimum atomic E-state index is -1.26. The number of piperidine rings is 1. The third-order valence-corrected chi connectivity index (χ3v) is 5.25. The number of amides is 2. The average molecular weight is 421 g/mol. The summed E-state index contributed by atoms with van der Waals surface area (Å²) in [6.07, 6.45) is -0.581. The molecule has 0 bridgehead atoms. The molecule has 160 valence electrons. The first-order chi connectivity index (χ1) is 14.4. The van der Waals surface area contributed by atoms with E-state index in [1.807, 2.05) is 0 Å². The number of anilines is 2. The molecule has 1 aromatic heterocycles. The predicted molar refractivity (Wildman–Crippen MR) is 101 cm³/mol. The zero-order valence-corrected chi connectivity index (χ0v) is 16.2. The fourth-order valence-corrected chi connectivity index (χ4v) is 3.75. The van der Waals surface area contributed by atoms with Gasteiger partial charge in [-0.1, -0.05) is 0 Å². The van der Waals surface area contributed by atoms with Gasteiger partial charge in [0.05, 0.1) is 37.1 Å². The predicted octanol–water partition coefficient (Wildman–Crippen LogP) is 1.06. The summed E-state index contributed by atoms with van der Waals surface area (Å²) < 4.78 is 36.1. The third kappa shape index (κ3) is 4.02. The number of nitrogens with one attached hydrogen (secondary N) is 1. The standard InChI is InChI=1S/C18H21F2N7O3/c1-11(28)21-7-13-8-26(18(29)30-13)12-2-3-16(14(19)6-12)25-5-4-17(15(20)9-25)27-10-22-23-24-27/h2-3,6,10,13,15,17H,4-5,7-9H2,1H3,(H,21,28)/t13-,15?,17?/m0/s1. The van der Waals surface area contributed by atoms with Gasteiger partial charge in [-0.05, 0) is 35.0 Å². The molecule has 0 radical (unpaired) electrons. The van der Waals surface area contributed by atoms with Crippen LogP contribution < -0.4 is 15.1 Å². The monoisotopic (exact) mass is 421 g/mol. The zero-order chi connectivity index (χ0) is 21.3. The van der Waals surface area contributed by atoms with Crippen molar-refractivity contribution >= 4 is 23.4 Å². The lowest BCUT2D eigenvalue weighted by atomic mass is 10.0. The number of tetrazole rings is 1. The molecule has 2 aliphatic rings. The van der Waals surface area contributed by atoms with Gasteiger partial charge in [0.15, 0.2) is 0 Å². The quantitative estimate of drug-likeness (QED) is 0.770. The highest BCUT2D eigenvalue weighted by Gasteiger charge is 2.34. The van der Waals surface area contributed by atoms with Crippen LogP contribution >= 0.6 is 0 Å². The van der Waals surface area contributed by atoms with Crippen LogP contribution in [0.1, 0.15) is 19.4 Å². The number of carbonyl (C=O) groups excluding carboxylic acids is 2. The van der Waals surface area contributed by atoms with E-state index in [1.54, 1.807) is 11.0 Å². The van der Waals surface area contributed by atoms with Gasteiger partial charge in [-0.15, -0.1) is 5.10 Å². The fraction of sp³-hybridized carbons (Fsp3) is 0.500. The van der Waals surface area contributed by atoms with E-state index in [9.17, 15) is 18.4 Å². The van der Waals surface area contributed by atoms with Gasteiger partial charge in [-0.2, -0.15) is 0 Å². The number of nitrogens with zero attached hydrogens (tertiary/aromatic N) is 6. The van der Waals surface area contributed by atoms with E-state index in [0.717, 1.165) is 0 Å². The summed E-state index contributed by atoms with van der Waals surface area (Å²) in [5.41, 5.74) is 0.603. The summed E-state index contributed by atoms with van der Waals surface area (Å²) in [7, 11) is 0. The van der Waals surface area contributed by atoms with Gasteiger partial charge in [0.1, 0.15) is 24.4 Å². The zero-order valence-electron chi connectivity index (χ0n) is 16.2. The molecule has 2 aromatic rings. The molecule has 2 unspecified atom stereocenters. The number of hydrogen-bond acceptors (Lipinski definition) is 7. The van der Waals surface area contributed by atoms with Crippen LogP contribution in [0.5, 0.6) is 0 Å². The Morgan fingerprint density at radius 1 is 1.37 bits per heavy atom. The van der Waals surface area contributed by atoms with Crippen molar-refractivity contribution in [1.82, 2.24) is 25.5 Å². The Morgan fingerprint density at radius 3 is 2.87 bits per heavy atom. The van der Waals surface area contributed by atoms with E-state index < -0.39 is 30.2 Å². The summed E-state index contributed by atoms with van der Waals surface area (Å²) in [5, 5.41) is 13.4. The highest BCUT2D eigenvalue weighted by molar-refractivity contribution is 5.90. The summed E-state index contributed by atoms with van der Waals surface area (Å²) in [6.45, 7) is 2.20. The minimum absolute atomic E-state index is 0.00530. The van der Waals surface area contributed by atoms with Crippen molar-refractivity contribution < 1.29 is 23.1 Å². The lowest BCUT2D eigenvalue weighted by Gasteiger charge is -2.36. The molecule has 3 atom stereocenters. The number of halogens is 2. The molecule has 1 aromatic carbocycles. The van der Waals surface area contributed by atoms with E-state index in [4.69, 9.17) is 4.74 Å². The number of cyclic esters (lactones) is 1. The first kappa shape index (κ1) is 20.0. The molecule has 2 aliphatic heterocycles. The summed E-state index contributed by atoms with van der Waals surface area (Å²) >= 11 is 0. The lowest BCUT2D eigenvalue weighted by Crippen LogP contribution is -2.43. The van der Waals surface area contributed by atoms with E-state index >= 15 is 0 Å². The Labute approximate surface area is 170 Å². The van der Waals surface area contributed by atoms with Crippen LogP contribution in [0.4, 0.5) is 25.0 Å². The second-order valence-electron chi connectivity index (χ2n) is 7.30. The second-order valence-corrected chi connectivity index (χ2v) is 7.30. The summed E-state index contributed by atoms with van der Waals surface area (Å²) in [5.74, 6) is -0.784. The van der Waals surface area contributed by atoms with Crippen LogP contribution in [-0.4, -0.2) is 70.7 Å². The molecule has 10 nitrogen and oxygen atoms in total. The Kier molecular flexibility index (Phi) is 5.46. The smallest absolute Gasteiger partial charge is 0.414 e. The van der Waals surface area contributed by atoms with Crippen molar-refractivity contribution in [3.63, 3.8) is 0 Å². The number of hydrogen-bond donors (Lipinski definition) is 1. The average Bonchev–Trinajstić information content (AvgIpc) is 3.36. The van der Waals surface area contributed by atoms with Crippen molar-refractivity contribution in [2.45, 2.75) is 31.7 Å². The molecular formula is C18H21F2N7O3. The number of aromatic nitrogens is 4. The van der Waals surface area contributed by atoms with Crippen LogP contribution in [0.3, 0.4) is 0 Å². The summed E-state index contributed by atoms with van der Waals surface area (Å²) in [4.78, 5) is 26.1. The van der Waals surface area contributed by atoms with Crippen LogP contribution in [-0.2, 0) is 9.53 Å². The van der Waals surface area contributed by atoms with Crippen molar-refractivity contribution in [1.29, 1.82) is 0 Å². The number of rotatable bonds is 5. The van der Waals surface area contributed by atoms with Crippen LogP contribution in [0.25, 0.3) is 0 Å². The molecule has 2 saturated heterocycles. The van der Waals surface area contributed by atoms with Crippen LogP contribution in [0.2, 0.25) is 0 Å². The maximum Gasteiger partial charge on any atom is 0.414 e. The fourth-order valence-electron chi connectivity index (χ4n) is 3.75. The van der Waals surface area contributed by atoms with Gasteiger partial charge >= 0.3 is 6.09 Å². The van der Waals surface area contributed by atoms with Crippen molar-refractivity contribution in [3.8, 4) is 0 Å². The SMILES string of the molecule is CC(=O)NC[C@H]1CN(c2ccc(N3CCC(n4cnnn4)C(F)C3)c(F)c2)C(=O)O1. The van der Waals surface area contributed by atoms with E-state index in [0.29, 0.717) is 18.7 Å². The van der Waals surface area contributed by atoms with Crippen LogP contribution in [0, 0.1) is 5.82 Å². The first-order valence-electron chi connectivity index (χ1n) is 9.56. The lowest BCUT2D eigenvalue weighted by molar-refractivity contribution is -0.119. The molecule has 2 fully saturated rings. The molecule has 1 N–H and O–H groups in total. The normalized spacial score (nSPS) is 24.1. The molecule has 2 amide bonds. The highest BCUT2D eigenvalue weighted by atomic mass is 19.1. The van der Waals surface area contributed by atoms with Crippen molar-refractivity contribution in [3.05, 3.63) is 30.3 Å². The molecule has 0 saturated carbocycles. The van der Waals surface area contributed by atoms with Gasteiger partial charge in [0.2, 0.25) is 5.91 Å². The maximum atomic E-state index is 14.8. The number of carbonyl (C=O) groups is 2. The van der Waals surface area contributed by atoms with Gasteiger partial charge in [-0.25, -0.2) is 18.3 Å². The van der Waals surface area contributed by atoms with Gasteiger partial charge in [0.25, 0.3) is 0 Å². The first-order valence-corrected chi connectivity index (χ1v) is 9.56. The van der Waals surface area contributed by atoms with Gasteiger partial charge < -0.3 is 15.0 Å². The van der Waals surface area contributed by atoms with Gasteiger partial charge in [0, 0.05) is 13.5 Å². The molecule has 3 heterocycles. The van der Waals surface area contributed by atoms with E-state index in [1.165, 1.54) is 35.0 Å². The van der Waals surface area contributed by atoms with Crippen molar-refractivity contribution in [2.75, 3.05) is 36.0 Å². The van der Waals surface area contributed by atoms with Crippen LogP contribution in [0.15, 0.2) is 24.5 Å².